The number of nitrogens with zero attached hydrogens (tertiary/aromatic N) is 3. The van der Waals surface area contributed by atoms with E-state index in [1.165, 1.54) is 4.90 Å². The standard InChI is InChI=1S/C14H21N3O4/c1-14(2,3)21-13(20)17-8-9(7-11(17)12(18)19)10-5-6-16(4)15-10/h5-6,9,11H,7-8H2,1-4H3,(H,18,19)/t9?,11-/m0/s1. The number of hydrogen-bond donors (Lipinski definition) is 1. The fraction of sp³-hybridized carbons (Fsp3) is 0.643. The lowest BCUT2D eigenvalue weighted by atomic mass is 10.0. The van der Waals surface area contributed by atoms with Crippen LogP contribution in [-0.4, -0.2) is 50.0 Å². The van der Waals surface area contributed by atoms with Crippen molar-refractivity contribution >= 4 is 12.1 Å². The summed E-state index contributed by atoms with van der Waals surface area (Å²) in [6.07, 6.45) is 1.57. The first kappa shape index (κ1) is 15.3. The quantitative estimate of drug-likeness (QED) is 0.895. The van der Waals surface area contributed by atoms with Crippen LogP contribution in [0.2, 0.25) is 0 Å². The molecule has 2 heterocycles. The van der Waals surface area contributed by atoms with Gasteiger partial charge in [0.15, 0.2) is 0 Å². The fourth-order valence-corrected chi connectivity index (χ4v) is 2.46. The molecule has 1 amide bonds. The molecule has 7 nitrogen and oxygen atoms in total. The molecule has 0 bridgehead atoms. The normalized spacial score (nSPS) is 22.4. The molecular formula is C14H21N3O4. The highest BCUT2D eigenvalue weighted by molar-refractivity contribution is 5.81. The van der Waals surface area contributed by atoms with Crippen LogP contribution in [0.1, 0.15) is 38.8 Å². The molecule has 0 radical (unpaired) electrons. The van der Waals surface area contributed by atoms with Gasteiger partial charge in [-0.2, -0.15) is 5.10 Å². The summed E-state index contributed by atoms with van der Waals surface area (Å²) in [6.45, 7) is 5.58. The van der Waals surface area contributed by atoms with Crippen molar-refractivity contribution in [3.05, 3.63) is 18.0 Å². The molecule has 1 aromatic rings. The molecule has 0 aromatic carbocycles. The van der Waals surface area contributed by atoms with Crippen molar-refractivity contribution in [1.29, 1.82) is 0 Å². The summed E-state index contributed by atoms with van der Waals surface area (Å²) in [5.41, 5.74) is 0.151. The zero-order valence-electron chi connectivity index (χ0n) is 12.7. The van der Waals surface area contributed by atoms with Gasteiger partial charge >= 0.3 is 12.1 Å². The van der Waals surface area contributed by atoms with Gasteiger partial charge in [-0.15, -0.1) is 0 Å². The third-order valence-electron chi connectivity index (χ3n) is 3.37. The van der Waals surface area contributed by atoms with Crippen molar-refractivity contribution in [3.8, 4) is 0 Å². The lowest BCUT2D eigenvalue weighted by Gasteiger charge is -2.26. The molecule has 1 aliphatic heterocycles. The second-order valence-corrected chi connectivity index (χ2v) is 6.33. The van der Waals surface area contributed by atoms with Gasteiger partial charge in [0.25, 0.3) is 0 Å². The molecule has 1 saturated heterocycles. The van der Waals surface area contributed by atoms with E-state index in [9.17, 15) is 14.7 Å². The first-order valence-corrected chi connectivity index (χ1v) is 6.89. The zero-order valence-corrected chi connectivity index (χ0v) is 12.7. The second-order valence-electron chi connectivity index (χ2n) is 6.33. The van der Waals surface area contributed by atoms with E-state index in [4.69, 9.17) is 4.74 Å². The van der Waals surface area contributed by atoms with Crippen molar-refractivity contribution in [2.24, 2.45) is 7.05 Å². The highest BCUT2D eigenvalue weighted by Gasteiger charge is 2.42. The van der Waals surface area contributed by atoms with Crippen LogP contribution in [0, 0.1) is 0 Å². The molecule has 0 saturated carbocycles. The van der Waals surface area contributed by atoms with Crippen LogP contribution < -0.4 is 0 Å². The Hall–Kier alpha value is -2.05. The summed E-state index contributed by atoms with van der Waals surface area (Å²) in [4.78, 5) is 24.8. The van der Waals surface area contributed by atoms with Crippen molar-refractivity contribution in [2.75, 3.05) is 6.54 Å². The summed E-state index contributed by atoms with van der Waals surface area (Å²) in [7, 11) is 1.80. The maximum Gasteiger partial charge on any atom is 0.411 e. The number of hydrogen-bond acceptors (Lipinski definition) is 4. The number of amides is 1. The number of likely N-dealkylation sites (tertiary alicyclic amines) is 1. The average Bonchev–Trinajstić information content (AvgIpc) is 2.92. The van der Waals surface area contributed by atoms with Gasteiger partial charge in [-0.05, 0) is 33.3 Å². The first-order valence-electron chi connectivity index (χ1n) is 6.89. The highest BCUT2D eigenvalue weighted by atomic mass is 16.6. The molecule has 1 N–H and O–H groups in total. The topological polar surface area (TPSA) is 84.7 Å². The Balaban J connectivity index is 2.16. The van der Waals surface area contributed by atoms with E-state index in [1.807, 2.05) is 6.07 Å². The number of aliphatic carboxylic acids is 1. The summed E-state index contributed by atoms with van der Waals surface area (Å²) in [5, 5.41) is 13.6. The molecule has 21 heavy (non-hydrogen) atoms. The number of carbonyl (C=O) groups is 2. The lowest BCUT2D eigenvalue weighted by Crippen LogP contribution is -2.43. The third kappa shape index (κ3) is 3.53. The van der Waals surface area contributed by atoms with Gasteiger partial charge in [0.05, 0.1) is 5.69 Å². The van der Waals surface area contributed by atoms with Gasteiger partial charge in [-0.1, -0.05) is 0 Å². The molecule has 0 aliphatic carbocycles. The van der Waals surface area contributed by atoms with E-state index >= 15 is 0 Å². The van der Waals surface area contributed by atoms with Crippen LogP contribution in [0.15, 0.2) is 12.3 Å². The summed E-state index contributed by atoms with van der Waals surface area (Å²) < 4.78 is 6.96. The van der Waals surface area contributed by atoms with Crippen LogP contribution >= 0.6 is 0 Å². The first-order chi connectivity index (χ1) is 9.67. The predicted molar refractivity (Wildman–Crippen MR) is 74.9 cm³/mol. The van der Waals surface area contributed by atoms with Crippen LogP contribution in [0.4, 0.5) is 4.79 Å². The molecule has 1 fully saturated rings. The number of carbonyl (C=O) groups excluding carboxylic acids is 1. The van der Waals surface area contributed by atoms with E-state index in [0.29, 0.717) is 13.0 Å². The Morgan fingerprint density at radius 3 is 2.57 bits per heavy atom. The maximum atomic E-state index is 12.2. The largest absolute Gasteiger partial charge is 0.480 e. The van der Waals surface area contributed by atoms with E-state index in [1.54, 1.807) is 38.7 Å². The van der Waals surface area contributed by atoms with Crippen LogP contribution in [-0.2, 0) is 16.6 Å². The zero-order chi connectivity index (χ0) is 15.8. The molecular weight excluding hydrogens is 274 g/mol. The number of carboxylic acids is 1. The van der Waals surface area contributed by atoms with Crippen molar-refractivity contribution in [2.45, 2.75) is 44.8 Å². The van der Waals surface area contributed by atoms with Gasteiger partial charge < -0.3 is 9.84 Å². The van der Waals surface area contributed by atoms with Crippen molar-refractivity contribution in [3.63, 3.8) is 0 Å². The molecule has 0 spiro atoms. The second kappa shape index (κ2) is 5.38. The molecule has 116 valence electrons. The minimum atomic E-state index is -1.01. The van der Waals surface area contributed by atoms with E-state index in [0.717, 1.165) is 5.69 Å². The van der Waals surface area contributed by atoms with E-state index < -0.39 is 23.7 Å². The molecule has 2 atom stereocenters. The number of rotatable bonds is 2. The Kier molecular flexibility index (Phi) is 3.93. The Morgan fingerprint density at radius 2 is 2.10 bits per heavy atom. The minimum Gasteiger partial charge on any atom is -0.480 e. The van der Waals surface area contributed by atoms with Crippen LogP contribution in [0.25, 0.3) is 0 Å². The molecule has 2 rings (SSSR count). The number of carboxylic acid groups (broad SMARTS) is 1. The van der Waals surface area contributed by atoms with Crippen LogP contribution in [0.3, 0.4) is 0 Å². The Labute approximate surface area is 123 Å². The highest BCUT2D eigenvalue weighted by Crippen LogP contribution is 2.32. The summed E-state index contributed by atoms with van der Waals surface area (Å²) in [5.74, 6) is -1.10. The SMILES string of the molecule is Cn1ccc(C2C[C@@H](C(=O)O)N(C(=O)OC(C)(C)C)C2)n1. The van der Waals surface area contributed by atoms with Crippen molar-refractivity contribution in [1.82, 2.24) is 14.7 Å². The molecule has 1 aliphatic rings. The Morgan fingerprint density at radius 1 is 1.43 bits per heavy atom. The van der Waals surface area contributed by atoms with Gasteiger partial charge in [0.2, 0.25) is 0 Å². The summed E-state index contributed by atoms with van der Waals surface area (Å²) in [6, 6.07) is 0.981. The smallest absolute Gasteiger partial charge is 0.411 e. The monoisotopic (exact) mass is 295 g/mol. The number of aromatic nitrogens is 2. The van der Waals surface area contributed by atoms with Gasteiger partial charge in [0.1, 0.15) is 11.6 Å². The summed E-state index contributed by atoms with van der Waals surface area (Å²) >= 11 is 0. The van der Waals surface area contributed by atoms with E-state index in [2.05, 4.69) is 5.10 Å². The average molecular weight is 295 g/mol. The molecule has 1 unspecified atom stereocenters. The Bertz CT molecular complexity index is 547. The lowest BCUT2D eigenvalue weighted by molar-refractivity contribution is -0.142. The third-order valence-corrected chi connectivity index (χ3v) is 3.37. The van der Waals surface area contributed by atoms with Crippen LogP contribution in [0.5, 0.6) is 0 Å². The number of ether oxygens (including phenoxy) is 1. The number of aryl methyl sites for hydroxylation is 1. The minimum absolute atomic E-state index is 0.0835. The molecule has 7 heteroatoms. The van der Waals surface area contributed by atoms with Gasteiger partial charge in [0, 0.05) is 25.7 Å². The van der Waals surface area contributed by atoms with Gasteiger partial charge in [-0.25, -0.2) is 9.59 Å². The predicted octanol–water partition coefficient (Wildman–Crippen LogP) is 1.60. The van der Waals surface area contributed by atoms with Crippen molar-refractivity contribution < 1.29 is 19.4 Å². The molecule has 1 aromatic heterocycles. The van der Waals surface area contributed by atoms with Gasteiger partial charge in [-0.3, -0.25) is 9.58 Å². The fourth-order valence-electron chi connectivity index (χ4n) is 2.46. The van der Waals surface area contributed by atoms with E-state index in [-0.39, 0.29) is 5.92 Å². The maximum absolute atomic E-state index is 12.2.